The summed E-state index contributed by atoms with van der Waals surface area (Å²) in [5, 5.41) is 1.26. The van der Waals surface area contributed by atoms with Crippen LogP contribution in [-0.2, 0) is 17.8 Å². The van der Waals surface area contributed by atoms with Crippen LogP contribution < -0.4 is 0 Å². The highest BCUT2D eigenvalue weighted by Crippen LogP contribution is 2.27. The van der Waals surface area contributed by atoms with Gasteiger partial charge in [-0.05, 0) is 54.9 Å². The molecule has 4 rings (SSSR count). The fourth-order valence-electron chi connectivity index (χ4n) is 3.90. The Hall–Kier alpha value is -1.97. The van der Waals surface area contributed by atoms with Crippen LogP contribution in [0.1, 0.15) is 29.7 Å². The highest BCUT2D eigenvalue weighted by molar-refractivity contribution is 7.19. The van der Waals surface area contributed by atoms with Gasteiger partial charge in [-0.2, -0.15) is 0 Å². The zero-order valence-electron chi connectivity index (χ0n) is 15.1. The third-order valence-electron chi connectivity index (χ3n) is 5.32. The standard InChI is InChI=1S/C23H25NOS/c25-21(16-22-15-20-8-4-5-9-23(20)26-22)14-18-10-12-24(13-11-18)17-19-6-2-1-3-7-19/h1-9,15,18H,10-14,16-17H2. The number of piperidine rings is 1. The molecular weight excluding hydrogens is 338 g/mol. The number of thiophene rings is 1. The maximum absolute atomic E-state index is 12.5. The molecule has 26 heavy (non-hydrogen) atoms. The Morgan fingerprint density at radius 2 is 1.73 bits per heavy atom. The van der Waals surface area contributed by atoms with Gasteiger partial charge in [-0.3, -0.25) is 9.69 Å². The van der Waals surface area contributed by atoms with Crippen molar-refractivity contribution in [3.05, 3.63) is 71.1 Å². The minimum absolute atomic E-state index is 0.401. The van der Waals surface area contributed by atoms with Gasteiger partial charge in [-0.25, -0.2) is 0 Å². The predicted octanol–water partition coefficient (Wildman–Crippen LogP) is 5.32. The van der Waals surface area contributed by atoms with E-state index in [2.05, 4.69) is 65.6 Å². The van der Waals surface area contributed by atoms with Crippen LogP contribution in [0.4, 0.5) is 0 Å². The number of likely N-dealkylation sites (tertiary alicyclic amines) is 1. The smallest absolute Gasteiger partial charge is 0.138 e. The first-order valence-corrected chi connectivity index (χ1v) is 10.3. The van der Waals surface area contributed by atoms with E-state index in [1.165, 1.54) is 20.5 Å². The van der Waals surface area contributed by atoms with Crippen LogP contribution in [0.2, 0.25) is 0 Å². The lowest BCUT2D eigenvalue weighted by atomic mass is 9.90. The van der Waals surface area contributed by atoms with E-state index in [0.29, 0.717) is 18.1 Å². The molecule has 1 aromatic heterocycles. The summed E-state index contributed by atoms with van der Waals surface area (Å²) in [6.07, 6.45) is 3.63. The summed E-state index contributed by atoms with van der Waals surface area (Å²) in [5.41, 5.74) is 1.38. The van der Waals surface area contributed by atoms with Gasteiger partial charge in [0.15, 0.2) is 0 Å². The second kappa shape index (κ2) is 8.15. The Bertz CT molecular complexity index is 829. The number of benzene rings is 2. The van der Waals surface area contributed by atoms with Crippen molar-refractivity contribution < 1.29 is 4.79 Å². The maximum atomic E-state index is 12.5. The fraction of sp³-hybridized carbons (Fsp3) is 0.348. The number of Topliss-reactive ketones (excluding diaryl/α,β-unsaturated/α-hetero) is 1. The van der Waals surface area contributed by atoms with Gasteiger partial charge in [0, 0.05) is 29.0 Å². The normalized spacial score (nSPS) is 16.2. The van der Waals surface area contributed by atoms with Gasteiger partial charge in [-0.1, -0.05) is 48.5 Å². The zero-order chi connectivity index (χ0) is 17.8. The summed E-state index contributed by atoms with van der Waals surface area (Å²) < 4.78 is 1.28. The van der Waals surface area contributed by atoms with Crippen LogP contribution in [0, 0.1) is 5.92 Å². The molecule has 1 saturated heterocycles. The molecule has 2 aromatic carbocycles. The van der Waals surface area contributed by atoms with Crippen LogP contribution in [0.3, 0.4) is 0 Å². The molecule has 0 radical (unpaired) electrons. The molecule has 0 amide bonds. The van der Waals surface area contributed by atoms with Crippen molar-refractivity contribution in [2.75, 3.05) is 13.1 Å². The van der Waals surface area contributed by atoms with Crippen molar-refractivity contribution >= 4 is 27.2 Å². The Morgan fingerprint density at radius 1 is 1.00 bits per heavy atom. The summed E-state index contributed by atoms with van der Waals surface area (Å²) in [6, 6.07) is 21.2. The number of rotatable bonds is 6. The molecule has 0 unspecified atom stereocenters. The highest BCUT2D eigenvalue weighted by Gasteiger charge is 2.21. The summed E-state index contributed by atoms with van der Waals surface area (Å²) in [6.45, 7) is 3.24. The van der Waals surface area contributed by atoms with Crippen LogP contribution in [-0.4, -0.2) is 23.8 Å². The van der Waals surface area contributed by atoms with Gasteiger partial charge in [0.05, 0.1) is 0 Å². The number of carbonyl (C=O) groups is 1. The highest BCUT2D eigenvalue weighted by atomic mass is 32.1. The Balaban J connectivity index is 1.25. The largest absolute Gasteiger partial charge is 0.299 e. The van der Waals surface area contributed by atoms with Gasteiger partial charge in [-0.15, -0.1) is 11.3 Å². The van der Waals surface area contributed by atoms with E-state index in [9.17, 15) is 4.79 Å². The average molecular weight is 364 g/mol. The molecule has 134 valence electrons. The molecule has 0 spiro atoms. The molecule has 0 atom stereocenters. The van der Waals surface area contributed by atoms with Crippen molar-refractivity contribution in [1.82, 2.24) is 4.90 Å². The first-order chi connectivity index (χ1) is 12.8. The van der Waals surface area contributed by atoms with Gasteiger partial charge in [0.1, 0.15) is 5.78 Å². The Morgan fingerprint density at radius 3 is 2.50 bits per heavy atom. The zero-order valence-corrected chi connectivity index (χ0v) is 15.9. The van der Waals surface area contributed by atoms with E-state index in [0.717, 1.165) is 38.9 Å². The lowest BCUT2D eigenvalue weighted by Gasteiger charge is -2.31. The number of fused-ring (bicyclic) bond motifs is 1. The molecule has 0 N–H and O–H groups in total. The summed E-state index contributed by atoms with van der Waals surface area (Å²) in [5.74, 6) is 0.960. The van der Waals surface area contributed by atoms with Crippen molar-refractivity contribution in [3.8, 4) is 0 Å². The van der Waals surface area contributed by atoms with E-state index in [1.807, 2.05) is 0 Å². The molecule has 0 saturated carbocycles. The van der Waals surface area contributed by atoms with E-state index in [-0.39, 0.29) is 0 Å². The van der Waals surface area contributed by atoms with Crippen molar-refractivity contribution in [1.29, 1.82) is 0 Å². The van der Waals surface area contributed by atoms with Crippen LogP contribution >= 0.6 is 11.3 Å². The number of hydrogen-bond donors (Lipinski definition) is 0. The Labute approximate surface area is 159 Å². The second-order valence-corrected chi connectivity index (χ2v) is 8.54. The first kappa shape index (κ1) is 17.4. The quantitative estimate of drug-likeness (QED) is 0.591. The molecule has 3 aromatic rings. The SMILES string of the molecule is O=C(Cc1cc2ccccc2s1)CC1CCN(Cc2ccccc2)CC1. The summed E-state index contributed by atoms with van der Waals surface area (Å²) in [4.78, 5) is 16.2. The Kier molecular flexibility index (Phi) is 5.47. The van der Waals surface area contributed by atoms with Crippen LogP contribution in [0.25, 0.3) is 10.1 Å². The van der Waals surface area contributed by atoms with Gasteiger partial charge >= 0.3 is 0 Å². The van der Waals surface area contributed by atoms with E-state index >= 15 is 0 Å². The van der Waals surface area contributed by atoms with E-state index in [4.69, 9.17) is 0 Å². The molecule has 0 bridgehead atoms. The minimum atomic E-state index is 0.401. The topological polar surface area (TPSA) is 20.3 Å². The molecule has 2 nitrogen and oxygen atoms in total. The predicted molar refractivity (Wildman–Crippen MR) is 110 cm³/mol. The monoisotopic (exact) mass is 363 g/mol. The summed E-state index contributed by atoms with van der Waals surface area (Å²) in [7, 11) is 0. The summed E-state index contributed by atoms with van der Waals surface area (Å²) >= 11 is 1.76. The molecule has 1 aliphatic rings. The molecule has 1 aliphatic heterocycles. The third-order valence-corrected chi connectivity index (χ3v) is 6.44. The number of ketones is 1. The number of nitrogens with zero attached hydrogens (tertiary/aromatic N) is 1. The molecule has 1 fully saturated rings. The van der Waals surface area contributed by atoms with Crippen LogP contribution in [0.15, 0.2) is 60.7 Å². The van der Waals surface area contributed by atoms with E-state index < -0.39 is 0 Å². The van der Waals surface area contributed by atoms with Gasteiger partial charge < -0.3 is 0 Å². The van der Waals surface area contributed by atoms with Crippen molar-refractivity contribution in [3.63, 3.8) is 0 Å². The van der Waals surface area contributed by atoms with Gasteiger partial charge in [0.25, 0.3) is 0 Å². The van der Waals surface area contributed by atoms with Gasteiger partial charge in [0.2, 0.25) is 0 Å². The lowest BCUT2D eigenvalue weighted by Crippen LogP contribution is -2.34. The minimum Gasteiger partial charge on any atom is -0.299 e. The van der Waals surface area contributed by atoms with Crippen molar-refractivity contribution in [2.45, 2.75) is 32.2 Å². The maximum Gasteiger partial charge on any atom is 0.138 e. The molecule has 3 heteroatoms. The van der Waals surface area contributed by atoms with Crippen LogP contribution in [0.5, 0.6) is 0 Å². The average Bonchev–Trinajstić information content (AvgIpc) is 3.06. The number of hydrogen-bond acceptors (Lipinski definition) is 3. The second-order valence-electron chi connectivity index (χ2n) is 7.38. The first-order valence-electron chi connectivity index (χ1n) is 9.52. The molecule has 0 aliphatic carbocycles. The number of carbonyl (C=O) groups excluding carboxylic acids is 1. The van der Waals surface area contributed by atoms with E-state index in [1.54, 1.807) is 11.3 Å². The lowest BCUT2D eigenvalue weighted by molar-refractivity contribution is -0.119. The molecular formula is C23H25NOS. The fourth-order valence-corrected chi connectivity index (χ4v) is 5.00. The molecule has 2 heterocycles. The van der Waals surface area contributed by atoms with Crippen molar-refractivity contribution in [2.24, 2.45) is 5.92 Å². The third kappa shape index (κ3) is 4.40.